The van der Waals surface area contributed by atoms with E-state index in [1.807, 2.05) is 57.2 Å². The molecule has 3 heterocycles. The number of ether oxygens (including phenoxy) is 2. The maximum Gasteiger partial charge on any atom is 0.234 e. The summed E-state index contributed by atoms with van der Waals surface area (Å²) in [6, 6.07) is 13.4. The van der Waals surface area contributed by atoms with Crippen LogP contribution in [0, 0.1) is 20.8 Å². The smallest absolute Gasteiger partial charge is 0.234 e. The van der Waals surface area contributed by atoms with Crippen LogP contribution in [0.4, 0.5) is 5.69 Å². The van der Waals surface area contributed by atoms with Crippen LogP contribution in [-0.2, 0) is 17.8 Å². The Labute approximate surface area is 225 Å². The molecule has 2 aromatic heterocycles. The number of thioether (sulfide) groups is 1. The molecule has 0 saturated carbocycles. The summed E-state index contributed by atoms with van der Waals surface area (Å²) in [6.07, 6.45) is 2.13. The molecule has 1 aliphatic rings. The SMILES string of the molecule is COc1cccc(-c2nc3c(c(SCC(=O)Nc4cc(C)cc(C)c4)n2)Cc2c(CO)cnc(C)c2O3)c1. The number of aromatic nitrogens is 3. The molecule has 0 radical (unpaired) electrons. The third-order valence-electron chi connectivity index (χ3n) is 6.23. The Hall–Kier alpha value is -3.95. The van der Waals surface area contributed by atoms with E-state index in [-0.39, 0.29) is 18.3 Å². The monoisotopic (exact) mass is 528 g/mol. The lowest BCUT2D eigenvalue weighted by molar-refractivity contribution is -0.113. The molecule has 0 atom stereocenters. The highest BCUT2D eigenvalue weighted by atomic mass is 32.2. The molecule has 5 rings (SSSR count). The number of nitrogens with zero attached hydrogens (tertiary/aromatic N) is 3. The molecule has 0 fully saturated rings. The number of pyridine rings is 1. The molecule has 8 nitrogen and oxygen atoms in total. The van der Waals surface area contributed by atoms with Crippen molar-refractivity contribution in [3.63, 3.8) is 0 Å². The van der Waals surface area contributed by atoms with E-state index >= 15 is 0 Å². The summed E-state index contributed by atoms with van der Waals surface area (Å²) in [5, 5.41) is 13.5. The quantitative estimate of drug-likeness (QED) is 0.214. The number of nitrogens with one attached hydrogen (secondary N) is 1. The number of anilines is 1. The van der Waals surface area contributed by atoms with E-state index in [0.717, 1.165) is 33.5 Å². The molecule has 9 heteroatoms. The third kappa shape index (κ3) is 5.34. The normalized spacial score (nSPS) is 11.8. The Morgan fingerprint density at radius 3 is 2.63 bits per heavy atom. The topological polar surface area (TPSA) is 106 Å². The molecule has 0 unspecified atom stereocenters. The minimum atomic E-state index is -0.155. The van der Waals surface area contributed by atoms with E-state index < -0.39 is 0 Å². The molecular weight excluding hydrogens is 500 g/mol. The lowest BCUT2D eigenvalue weighted by Gasteiger charge is -2.24. The average molecular weight is 529 g/mol. The van der Waals surface area contributed by atoms with Crippen molar-refractivity contribution in [2.75, 3.05) is 18.2 Å². The summed E-state index contributed by atoms with van der Waals surface area (Å²) in [7, 11) is 1.61. The third-order valence-corrected chi connectivity index (χ3v) is 7.25. The number of hydrogen-bond acceptors (Lipinski definition) is 8. The Kier molecular flexibility index (Phi) is 7.31. The van der Waals surface area contributed by atoms with Gasteiger partial charge in [0.25, 0.3) is 0 Å². The number of aliphatic hydroxyl groups excluding tert-OH is 1. The lowest BCUT2D eigenvalue weighted by Crippen LogP contribution is -2.16. The van der Waals surface area contributed by atoms with Gasteiger partial charge in [-0.25, -0.2) is 4.98 Å². The fourth-order valence-electron chi connectivity index (χ4n) is 4.48. The van der Waals surface area contributed by atoms with Crippen LogP contribution in [0.2, 0.25) is 0 Å². The Balaban J connectivity index is 1.50. The van der Waals surface area contributed by atoms with Gasteiger partial charge in [0.15, 0.2) is 11.6 Å². The summed E-state index contributed by atoms with van der Waals surface area (Å²) in [5.41, 5.74) is 6.73. The van der Waals surface area contributed by atoms with E-state index in [4.69, 9.17) is 19.4 Å². The van der Waals surface area contributed by atoms with Crippen molar-refractivity contribution >= 4 is 23.4 Å². The number of aliphatic hydroxyl groups is 1. The van der Waals surface area contributed by atoms with Gasteiger partial charge in [-0.15, -0.1) is 0 Å². The second-order valence-corrected chi connectivity index (χ2v) is 10.2. The van der Waals surface area contributed by atoms with E-state index in [1.165, 1.54) is 11.8 Å². The Bertz CT molecular complexity index is 1520. The highest BCUT2D eigenvalue weighted by molar-refractivity contribution is 8.00. The standard InChI is InChI=1S/C29H28N4O4S/c1-16-8-17(2)10-21(9-16)31-25(35)15-38-29-24-12-23-20(14-34)13-30-18(3)26(23)37-28(24)32-27(33-29)19-6-5-7-22(11-19)36-4/h5-11,13,34H,12,14-15H2,1-4H3,(H,31,35). The van der Waals surface area contributed by atoms with Crippen LogP contribution >= 0.6 is 11.8 Å². The van der Waals surface area contributed by atoms with Crippen LogP contribution in [-0.4, -0.2) is 38.8 Å². The summed E-state index contributed by atoms with van der Waals surface area (Å²) in [4.78, 5) is 26.8. The number of carbonyl (C=O) groups excluding carboxylic acids is 1. The number of amides is 1. The summed E-state index contributed by atoms with van der Waals surface area (Å²) in [5.74, 6) is 2.19. The van der Waals surface area contributed by atoms with E-state index in [0.29, 0.717) is 45.9 Å². The summed E-state index contributed by atoms with van der Waals surface area (Å²) < 4.78 is 11.7. The molecule has 2 N–H and O–H groups in total. The van der Waals surface area contributed by atoms with Crippen molar-refractivity contribution < 1.29 is 19.4 Å². The number of rotatable bonds is 7. The number of methoxy groups -OCH3 is 1. The number of carbonyl (C=O) groups is 1. The minimum Gasteiger partial charge on any atom is -0.497 e. The van der Waals surface area contributed by atoms with Crippen molar-refractivity contribution in [1.29, 1.82) is 0 Å². The maximum atomic E-state index is 12.9. The zero-order valence-electron chi connectivity index (χ0n) is 21.7. The first kappa shape index (κ1) is 25.7. The first-order valence-corrected chi connectivity index (χ1v) is 13.2. The molecular formula is C29H28N4O4S. The van der Waals surface area contributed by atoms with Gasteiger partial charge in [-0.3, -0.25) is 9.78 Å². The second kappa shape index (κ2) is 10.8. The average Bonchev–Trinajstić information content (AvgIpc) is 2.90. The summed E-state index contributed by atoms with van der Waals surface area (Å²) >= 11 is 1.33. The summed E-state index contributed by atoms with van der Waals surface area (Å²) in [6.45, 7) is 5.71. The first-order valence-electron chi connectivity index (χ1n) is 12.2. The minimum absolute atomic E-state index is 0.136. The van der Waals surface area contributed by atoms with Gasteiger partial charge in [0.1, 0.15) is 10.8 Å². The first-order chi connectivity index (χ1) is 18.3. The number of fused-ring (bicyclic) bond motifs is 2. The zero-order valence-corrected chi connectivity index (χ0v) is 22.5. The van der Waals surface area contributed by atoms with E-state index in [1.54, 1.807) is 13.3 Å². The molecule has 1 aliphatic heterocycles. The molecule has 0 saturated heterocycles. The van der Waals surface area contributed by atoms with Crippen LogP contribution in [0.3, 0.4) is 0 Å². The highest BCUT2D eigenvalue weighted by Gasteiger charge is 2.28. The van der Waals surface area contributed by atoms with E-state index in [9.17, 15) is 9.90 Å². The van der Waals surface area contributed by atoms with Gasteiger partial charge >= 0.3 is 0 Å². The molecule has 0 aliphatic carbocycles. The number of aryl methyl sites for hydroxylation is 3. The van der Waals surface area contributed by atoms with Crippen molar-refractivity contribution in [2.24, 2.45) is 0 Å². The van der Waals surface area contributed by atoms with Crippen molar-refractivity contribution in [2.45, 2.75) is 38.8 Å². The van der Waals surface area contributed by atoms with Gasteiger partial charge in [0.05, 0.1) is 30.7 Å². The van der Waals surface area contributed by atoms with Gasteiger partial charge in [-0.1, -0.05) is 30.0 Å². The van der Waals surface area contributed by atoms with Crippen LogP contribution in [0.1, 0.15) is 33.5 Å². The molecule has 0 spiro atoms. The molecule has 194 valence electrons. The fourth-order valence-corrected chi connectivity index (χ4v) is 5.31. The lowest BCUT2D eigenvalue weighted by atomic mass is 9.99. The van der Waals surface area contributed by atoms with Gasteiger partial charge in [0, 0.05) is 35.0 Å². The largest absolute Gasteiger partial charge is 0.497 e. The predicted molar refractivity (Wildman–Crippen MR) is 147 cm³/mol. The molecule has 0 bridgehead atoms. The number of benzene rings is 2. The van der Waals surface area contributed by atoms with Gasteiger partial charge in [-0.05, 0) is 56.2 Å². The van der Waals surface area contributed by atoms with Crippen LogP contribution in [0.15, 0.2) is 53.7 Å². The fraction of sp³-hybridized carbons (Fsp3) is 0.241. The van der Waals surface area contributed by atoms with Crippen molar-refractivity contribution in [1.82, 2.24) is 15.0 Å². The molecule has 4 aromatic rings. The highest BCUT2D eigenvalue weighted by Crippen LogP contribution is 2.42. The van der Waals surface area contributed by atoms with Crippen LogP contribution in [0.25, 0.3) is 11.4 Å². The van der Waals surface area contributed by atoms with Gasteiger partial charge < -0.3 is 19.9 Å². The zero-order chi connectivity index (χ0) is 26.8. The van der Waals surface area contributed by atoms with Crippen LogP contribution < -0.4 is 14.8 Å². The maximum absolute atomic E-state index is 12.9. The Morgan fingerprint density at radius 2 is 1.89 bits per heavy atom. The van der Waals surface area contributed by atoms with Crippen molar-refractivity contribution in [3.8, 4) is 28.8 Å². The predicted octanol–water partition coefficient (Wildman–Crippen LogP) is 5.39. The van der Waals surface area contributed by atoms with Gasteiger partial charge in [-0.2, -0.15) is 4.98 Å². The van der Waals surface area contributed by atoms with Gasteiger partial charge in [0.2, 0.25) is 11.8 Å². The number of hydrogen-bond donors (Lipinski definition) is 2. The molecule has 38 heavy (non-hydrogen) atoms. The second-order valence-electron chi connectivity index (χ2n) is 9.19. The molecule has 2 aromatic carbocycles. The van der Waals surface area contributed by atoms with E-state index in [2.05, 4.69) is 16.4 Å². The van der Waals surface area contributed by atoms with Crippen molar-refractivity contribution in [3.05, 3.63) is 82.2 Å². The molecule has 1 amide bonds. The van der Waals surface area contributed by atoms with Crippen LogP contribution in [0.5, 0.6) is 17.4 Å². The Morgan fingerprint density at radius 1 is 1.11 bits per heavy atom.